The van der Waals surface area contributed by atoms with Crippen LogP contribution in [0.5, 0.6) is 0 Å². The van der Waals surface area contributed by atoms with Gasteiger partial charge < -0.3 is 4.90 Å². The Kier molecular flexibility index (Phi) is 7.47. The van der Waals surface area contributed by atoms with E-state index in [1.165, 1.54) is 18.0 Å². The number of sulfone groups is 1. The van der Waals surface area contributed by atoms with Gasteiger partial charge in [-0.2, -0.15) is 0 Å². The highest BCUT2D eigenvalue weighted by atomic mass is 32.2. The number of benzene rings is 2. The summed E-state index contributed by atoms with van der Waals surface area (Å²) in [5.41, 5.74) is 1.70. The fourth-order valence-corrected chi connectivity index (χ4v) is 5.36. The van der Waals surface area contributed by atoms with Crippen LogP contribution in [0.15, 0.2) is 87.7 Å². The van der Waals surface area contributed by atoms with Crippen LogP contribution in [0.4, 0.5) is 0 Å². The van der Waals surface area contributed by atoms with Gasteiger partial charge in [-0.15, -0.1) is 0 Å². The van der Waals surface area contributed by atoms with Crippen molar-refractivity contribution in [3.63, 3.8) is 0 Å². The molecule has 8 heteroatoms. The standard InChI is InChI=1S/C25H27N3O3S2/c1-33(30,31)22-12-10-20(11-13-22)19-27-15-6-16-28(18-17-27)25(29)23-9-5-14-26-24(23)32-21-7-3-2-4-8-21/h2-5,7-14H,6,15-19H2,1H3. The summed E-state index contributed by atoms with van der Waals surface area (Å²) in [4.78, 5) is 23.4. The van der Waals surface area contributed by atoms with E-state index in [1.54, 1.807) is 18.3 Å². The van der Waals surface area contributed by atoms with E-state index in [-0.39, 0.29) is 5.91 Å². The highest BCUT2D eigenvalue weighted by molar-refractivity contribution is 7.99. The molecule has 0 bridgehead atoms. The number of aromatic nitrogens is 1. The van der Waals surface area contributed by atoms with E-state index in [0.29, 0.717) is 23.5 Å². The monoisotopic (exact) mass is 481 g/mol. The van der Waals surface area contributed by atoms with Crippen LogP contribution < -0.4 is 0 Å². The highest BCUT2D eigenvalue weighted by Crippen LogP contribution is 2.29. The molecular formula is C25H27N3O3S2. The Hall–Kier alpha value is -2.68. The van der Waals surface area contributed by atoms with Crippen LogP contribution in [-0.4, -0.2) is 61.5 Å². The molecule has 0 spiro atoms. The summed E-state index contributed by atoms with van der Waals surface area (Å²) in [6.07, 6.45) is 3.82. The molecule has 0 N–H and O–H groups in total. The topological polar surface area (TPSA) is 70.6 Å². The van der Waals surface area contributed by atoms with Crippen LogP contribution in [0, 0.1) is 0 Å². The second-order valence-electron chi connectivity index (χ2n) is 8.11. The number of carbonyl (C=O) groups is 1. The minimum Gasteiger partial charge on any atom is -0.337 e. The van der Waals surface area contributed by atoms with Gasteiger partial charge in [0.2, 0.25) is 0 Å². The van der Waals surface area contributed by atoms with Crippen LogP contribution in [0.1, 0.15) is 22.3 Å². The largest absolute Gasteiger partial charge is 0.337 e. The maximum absolute atomic E-state index is 13.4. The number of carbonyl (C=O) groups excluding carboxylic acids is 1. The summed E-state index contributed by atoms with van der Waals surface area (Å²) < 4.78 is 23.3. The molecule has 2 heterocycles. The Morgan fingerprint density at radius 2 is 1.70 bits per heavy atom. The molecule has 0 unspecified atom stereocenters. The van der Waals surface area contributed by atoms with Crippen molar-refractivity contribution >= 4 is 27.5 Å². The van der Waals surface area contributed by atoms with Gasteiger partial charge in [-0.25, -0.2) is 13.4 Å². The molecule has 172 valence electrons. The average Bonchev–Trinajstić information content (AvgIpc) is 3.05. The normalized spacial score (nSPS) is 15.2. The Morgan fingerprint density at radius 1 is 0.939 bits per heavy atom. The second-order valence-corrected chi connectivity index (χ2v) is 11.2. The van der Waals surface area contributed by atoms with Crippen molar-refractivity contribution in [2.75, 3.05) is 32.4 Å². The van der Waals surface area contributed by atoms with E-state index < -0.39 is 9.84 Å². The maximum Gasteiger partial charge on any atom is 0.256 e. The quantitative estimate of drug-likeness (QED) is 0.530. The Bertz CT molecular complexity index is 1200. The smallest absolute Gasteiger partial charge is 0.256 e. The second kappa shape index (κ2) is 10.5. The molecule has 4 rings (SSSR count). The summed E-state index contributed by atoms with van der Waals surface area (Å²) in [6.45, 7) is 3.72. The highest BCUT2D eigenvalue weighted by Gasteiger charge is 2.23. The van der Waals surface area contributed by atoms with Gasteiger partial charge in [0, 0.05) is 50.1 Å². The summed E-state index contributed by atoms with van der Waals surface area (Å²) in [7, 11) is -3.19. The molecule has 1 aliphatic heterocycles. The zero-order chi connectivity index (χ0) is 23.3. The number of amides is 1. The maximum atomic E-state index is 13.4. The van der Waals surface area contributed by atoms with Gasteiger partial charge in [-0.3, -0.25) is 9.69 Å². The van der Waals surface area contributed by atoms with Gasteiger partial charge in [0.05, 0.1) is 10.5 Å². The van der Waals surface area contributed by atoms with Crippen LogP contribution in [0.25, 0.3) is 0 Å². The van der Waals surface area contributed by atoms with Crippen LogP contribution in [-0.2, 0) is 16.4 Å². The van der Waals surface area contributed by atoms with E-state index >= 15 is 0 Å². The molecule has 33 heavy (non-hydrogen) atoms. The zero-order valence-corrected chi connectivity index (χ0v) is 20.2. The predicted octanol–water partition coefficient (Wildman–Crippen LogP) is 3.98. The van der Waals surface area contributed by atoms with Crippen molar-refractivity contribution in [3.8, 4) is 0 Å². The SMILES string of the molecule is CS(=O)(=O)c1ccc(CN2CCCN(C(=O)c3cccnc3Sc3ccccc3)CC2)cc1. The molecule has 6 nitrogen and oxygen atoms in total. The third kappa shape index (κ3) is 6.22. The molecule has 2 aromatic carbocycles. The molecule has 1 aromatic heterocycles. The summed E-state index contributed by atoms with van der Waals surface area (Å²) in [5.74, 6) is 0.0147. The number of hydrogen-bond acceptors (Lipinski definition) is 6. The van der Waals surface area contributed by atoms with Crippen molar-refractivity contribution in [2.45, 2.75) is 27.8 Å². The van der Waals surface area contributed by atoms with Crippen molar-refractivity contribution in [1.29, 1.82) is 0 Å². The Balaban J connectivity index is 1.40. The van der Waals surface area contributed by atoms with Gasteiger partial charge in [0.25, 0.3) is 5.91 Å². The fraction of sp³-hybridized carbons (Fsp3) is 0.280. The number of pyridine rings is 1. The molecule has 0 aliphatic carbocycles. The molecule has 1 fully saturated rings. The van der Waals surface area contributed by atoms with Gasteiger partial charge in [-0.05, 0) is 48.4 Å². The summed E-state index contributed by atoms with van der Waals surface area (Å²) >= 11 is 1.51. The zero-order valence-electron chi connectivity index (χ0n) is 18.6. The predicted molar refractivity (Wildman–Crippen MR) is 130 cm³/mol. The third-order valence-electron chi connectivity index (χ3n) is 5.59. The van der Waals surface area contributed by atoms with Gasteiger partial charge in [0.1, 0.15) is 5.03 Å². The Labute approximate surface area is 199 Å². The first-order valence-electron chi connectivity index (χ1n) is 10.9. The van der Waals surface area contributed by atoms with Crippen LogP contribution in [0.2, 0.25) is 0 Å². The van der Waals surface area contributed by atoms with Gasteiger partial charge in [-0.1, -0.05) is 42.1 Å². The van der Waals surface area contributed by atoms with Crippen molar-refractivity contribution in [2.24, 2.45) is 0 Å². The van der Waals surface area contributed by atoms with Crippen LogP contribution >= 0.6 is 11.8 Å². The van der Waals surface area contributed by atoms with Crippen molar-refractivity contribution in [1.82, 2.24) is 14.8 Å². The van der Waals surface area contributed by atoms with E-state index in [4.69, 9.17) is 0 Å². The lowest BCUT2D eigenvalue weighted by Gasteiger charge is -2.23. The fourth-order valence-electron chi connectivity index (χ4n) is 3.84. The first-order chi connectivity index (χ1) is 15.9. The van der Waals surface area contributed by atoms with Gasteiger partial charge in [0.15, 0.2) is 9.84 Å². The van der Waals surface area contributed by atoms with Gasteiger partial charge >= 0.3 is 0 Å². The lowest BCUT2D eigenvalue weighted by molar-refractivity contribution is 0.0757. The number of hydrogen-bond donors (Lipinski definition) is 0. The molecular weight excluding hydrogens is 454 g/mol. The van der Waals surface area contributed by atoms with E-state index in [0.717, 1.165) is 41.5 Å². The Morgan fingerprint density at radius 3 is 2.42 bits per heavy atom. The van der Waals surface area contributed by atoms with Crippen LogP contribution in [0.3, 0.4) is 0 Å². The molecule has 1 aliphatic rings. The number of nitrogens with zero attached hydrogens (tertiary/aromatic N) is 3. The third-order valence-corrected chi connectivity index (χ3v) is 7.75. The van der Waals surface area contributed by atoms with E-state index in [9.17, 15) is 13.2 Å². The first-order valence-corrected chi connectivity index (χ1v) is 13.6. The van der Waals surface area contributed by atoms with E-state index in [1.807, 2.05) is 59.5 Å². The minimum absolute atomic E-state index is 0.0147. The minimum atomic E-state index is -3.19. The summed E-state index contributed by atoms with van der Waals surface area (Å²) in [5, 5.41) is 0.723. The van der Waals surface area contributed by atoms with Crippen molar-refractivity contribution < 1.29 is 13.2 Å². The molecule has 0 radical (unpaired) electrons. The summed E-state index contributed by atoms with van der Waals surface area (Å²) in [6, 6.07) is 20.7. The van der Waals surface area contributed by atoms with Crippen molar-refractivity contribution in [3.05, 3.63) is 84.1 Å². The lowest BCUT2D eigenvalue weighted by Crippen LogP contribution is -2.35. The first kappa shape index (κ1) is 23.5. The molecule has 0 atom stereocenters. The number of rotatable bonds is 6. The molecule has 1 saturated heterocycles. The lowest BCUT2D eigenvalue weighted by atomic mass is 10.2. The molecule has 1 amide bonds. The molecule has 0 saturated carbocycles. The van der Waals surface area contributed by atoms with E-state index in [2.05, 4.69) is 9.88 Å². The average molecular weight is 482 g/mol. The molecule has 3 aromatic rings.